The average Bonchev–Trinajstić information content (AvgIpc) is 2.37. The molecule has 3 N–H and O–H groups in total. The van der Waals surface area contributed by atoms with Crippen LogP contribution in [0.1, 0.15) is 30.9 Å². The minimum atomic E-state index is 0.232. The zero-order chi connectivity index (χ0) is 12.1. The smallest absolute Gasteiger partial charge is 0.0468 e. The predicted octanol–water partition coefficient (Wildman–Crippen LogP) is 2.77. The van der Waals surface area contributed by atoms with Crippen molar-refractivity contribution in [2.75, 3.05) is 13.2 Å². The molecule has 0 bridgehead atoms. The molecule has 1 saturated heterocycles. The molecule has 0 spiro atoms. The number of halogens is 1. The van der Waals surface area contributed by atoms with Crippen molar-refractivity contribution in [1.29, 1.82) is 0 Å². The third-order valence-electron chi connectivity index (χ3n) is 3.36. The Morgan fingerprint density at radius 1 is 1.41 bits per heavy atom. The van der Waals surface area contributed by atoms with E-state index in [1.54, 1.807) is 0 Å². The average molecular weight is 299 g/mol. The van der Waals surface area contributed by atoms with Crippen LogP contribution in [0.5, 0.6) is 0 Å². The Labute approximate surface area is 111 Å². The van der Waals surface area contributed by atoms with Crippen molar-refractivity contribution >= 4 is 15.9 Å². The Balaban J connectivity index is 2.00. The fraction of sp³-hybridized carbons (Fsp3) is 0.538. The van der Waals surface area contributed by atoms with Crippen molar-refractivity contribution in [2.24, 2.45) is 11.8 Å². The van der Waals surface area contributed by atoms with Crippen LogP contribution in [0.3, 0.4) is 0 Å². The van der Waals surface area contributed by atoms with Crippen molar-refractivity contribution in [3.63, 3.8) is 0 Å². The number of nitrogens with one attached hydrogen (secondary N) is 1. The van der Waals surface area contributed by atoms with Crippen LogP contribution in [-0.4, -0.2) is 13.2 Å². The van der Waals surface area contributed by atoms with Crippen molar-refractivity contribution < 1.29 is 4.74 Å². The fourth-order valence-electron chi connectivity index (χ4n) is 2.34. The van der Waals surface area contributed by atoms with Gasteiger partial charge in [-0.05, 0) is 42.9 Å². The van der Waals surface area contributed by atoms with Crippen LogP contribution in [0.2, 0.25) is 0 Å². The molecule has 2 rings (SSSR count). The molecule has 0 aromatic heterocycles. The fourth-order valence-corrected chi connectivity index (χ4v) is 2.76. The summed E-state index contributed by atoms with van der Waals surface area (Å²) in [6.45, 7) is 1.78. The van der Waals surface area contributed by atoms with Gasteiger partial charge < -0.3 is 4.74 Å². The summed E-state index contributed by atoms with van der Waals surface area (Å²) in [4.78, 5) is 0. The third kappa shape index (κ3) is 3.78. The molecule has 1 heterocycles. The molecular weight excluding hydrogens is 280 g/mol. The minimum Gasteiger partial charge on any atom is -0.381 e. The molecule has 1 unspecified atom stereocenters. The summed E-state index contributed by atoms with van der Waals surface area (Å²) in [6.07, 6.45) is 3.37. The monoisotopic (exact) mass is 298 g/mol. The van der Waals surface area contributed by atoms with Crippen molar-refractivity contribution in [2.45, 2.75) is 25.3 Å². The van der Waals surface area contributed by atoms with Crippen LogP contribution < -0.4 is 11.3 Å². The molecule has 17 heavy (non-hydrogen) atoms. The summed E-state index contributed by atoms with van der Waals surface area (Å²) in [5.74, 6) is 6.39. The number of hydrazine groups is 1. The topological polar surface area (TPSA) is 47.3 Å². The first-order valence-electron chi connectivity index (χ1n) is 6.09. The van der Waals surface area contributed by atoms with E-state index in [2.05, 4.69) is 33.5 Å². The van der Waals surface area contributed by atoms with Gasteiger partial charge in [0, 0.05) is 23.7 Å². The molecule has 3 nitrogen and oxygen atoms in total. The largest absolute Gasteiger partial charge is 0.381 e. The normalized spacial score (nSPS) is 19.2. The SMILES string of the molecule is NNC(CC1CCOCC1)c1cccc(Br)c1. The molecule has 0 radical (unpaired) electrons. The van der Waals surface area contributed by atoms with Gasteiger partial charge in [0.15, 0.2) is 0 Å². The van der Waals surface area contributed by atoms with Crippen LogP contribution in [0.25, 0.3) is 0 Å². The maximum absolute atomic E-state index is 5.68. The quantitative estimate of drug-likeness (QED) is 0.664. The number of benzene rings is 1. The van der Waals surface area contributed by atoms with Gasteiger partial charge in [-0.25, -0.2) is 0 Å². The highest BCUT2D eigenvalue weighted by molar-refractivity contribution is 9.10. The molecule has 1 aromatic rings. The Hall–Kier alpha value is -0.420. The van der Waals surface area contributed by atoms with E-state index in [1.807, 2.05) is 12.1 Å². The lowest BCUT2D eigenvalue weighted by Gasteiger charge is -2.26. The summed E-state index contributed by atoms with van der Waals surface area (Å²) in [7, 11) is 0. The van der Waals surface area contributed by atoms with Crippen LogP contribution >= 0.6 is 15.9 Å². The second-order valence-electron chi connectivity index (χ2n) is 4.57. The van der Waals surface area contributed by atoms with E-state index in [4.69, 9.17) is 10.6 Å². The minimum absolute atomic E-state index is 0.232. The first kappa shape index (κ1) is 13.0. The molecule has 0 amide bonds. The molecule has 1 atom stereocenters. The van der Waals surface area contributed by atoms with Gasteiger partial charge in [0.05, 0.1) is 0 Å². The number of ether oxygens (including phenoxy) is 1. The van der Waals surface area contributed by atoms with E-state index in [0.29, 0.717) is 5.92 Å². The van der Waals surface area contributed by atoms with Crippen molar-refractivity contribution in [1.82, 2.24) is 5.43 Å². The van der Waals surface area contributed by atoms with Crippen LogP contribution in [0.4, 0.5) is 0 Å². The molecule has 1 aromatic carbocycles. The molecular formula is C13H19BrN2O. The highest BCUT2D eigenvalue weighted by Gasteiger charge is 2.19. The highest BCUT2D eigenvalue weighted by atomic mass is 79.9. The van der Waals surface area contributed by atoms with E-state index in [9.17, 15) is 0 Å². The summed E-state index contributed by atoms with van der Waals surface area (Å²) in [5.41, 5.74) is 4.18. The number of nitrogens with two attached hydrogens (primary N) is 1. The Morgan fingerprint density at radius 3 is 2.82 bits per heavy atom. The lowest BCUT2D eigenvalue weighted by atomic mass is 9.90. The second-order valence-corrected chi connectivity index (χ2v) is 5.48. The molecule has 4 heteroatoms. The molecule has 1 aliphatic rings. The van der Waals surface area contributed by atoms with E-state index in [1.165, 1.54) is 5.56 Å². The number of hydrogen-bond donors (Lipinski definition) is 2. The summed E-state index contributed by atoms with van der Waals surface area (Å²) in [5, 5.41) is 0. The number of rotatable bonds is 4. The Bertz CT molecular complexity index is 353. The molecule has 1 fully saturated rings. The lowest BCUT2D eigenvalue weighted by Crippen LogP contribution is -2.31. The van der Waals surface area contributed by atoms with E-state index >= 15 is 0 Å². The first-order chi connectivity index (χ1) is 8.29. The van der Waals surface area contributed by atoms with Gasteiger partial charge in [-0.1, -0.05) is 28.1 Å². The molecule has 0 aliphatic carbocycles. The Morgan fingerprint density at radius 2 is 2.18 bits per heavy atom. The first-order valence-corrected chi connectivity index (χ1v) is 6.88. The highest BCUT2D eigenvalue weighted by Crippen LogP contribution is 2.28. The van der Waals surface area contributed by atoms with Gasteiger partial charge in [0.2, 0.25) is 0 Å². The van der Waals surface area contributed by atoms with Crippen LogP contribution in [-0.2, 0) is 4.74 Å². The third-order valence-corrected chi connectivity index (χ3v) is 3.86. The number of hydrogen-bond acceptors (Lipinski definition) is 3. The van der Waals surface area contributed by atoms with Gasteiger partial charge in [-0.15, -0.1) is 0 Å². The van der Waals surface area contributed by atoms with Gasteiger partial charge in [0.1, 0.15) is 0 Å². The van der Waals surface area contributed by atoms with E-state index in [0.717, 1.165) is 36.9 Å². The predicted molar refractivity (Wildman–Crippen MR) is 72.4 cm³/mol. The van der Waals surface area contributed by atoms with Crippen molar-refractivity contribution in [3.8, 4) is 0 Å². The van der Waals surface area contributed by atoms with E-state index in [-0.39, 0.29) is 6.04 Å². The summed E-state index contributed by atoms with van der Waals surface area (Å²) in [6, 6.07) is 8.56. The van der Waals surface area contributed by atoms with Gasteiger partial charge in [0.25, 0.3) is 0 Å². The van der Waals surface area contributed by atoms with Crippen LogP contribution in [0, 0.1) is 5.92 Å². The Kier molecular flexibility index (Phi) is 4.98. The zero-order valence-electron chi connectivity index (χ0n) is 9.86. The maximum atomic E-state index is 5.68. The van der Waals surface area contributed by atoms with Gasteiger partial charge in [-0.3, -0.25) is 11.3 Å². The second kappa shape index (κ2) is 6.50. The maximum Gasteiger partial charge on any atom is 0.0468 e. The molecule has 0 saturated carbocycles. The molecule has 1 aliphatic heterocycles. The van der Waals surface area contributed by atoms with Crippen LogP contribution in [0.15, 0.2) is 28.7 Å². The van der Waals surface area contributed by atoms with Crippen molar-refractivity contribution in [3.05, 3.63) is 34.3 Å². The van der Waals surface area contributed by atoms with Gasteiger partial charge in [-0.2, -0.15) is 0 Å². The zero-order valence-corrected chi connectivity index (χ0v) is 11.4. The summed E-state index contributed by atoms with van der Waals surface area (Å²) >= 11 is 3.50. The van der Waals surface area contributed by atoms with E-state index < -0.39 is 0 Å². The lowest BCUT2D eigenvalue weighted by molar-refractivity contribution is 0.0605. The molecule has 94 valence electrons. The summed E-state index contributed by atoms with van der Waals surface area (Å²) < 4.78 is 6.48. The van der Waals surface area contributed by atoms with Gasteiger partial charge >= 0.3 is 0 Å². The standard InChI is InChI=1S/C13H19BrN2O/c14-12-3-1-2-11(9-12)13(16-15)8-10-4-6-17-7-5-10/h1-3,9-10,13,16H,4-8,15H2.